The summed E-state index contributed by atoms with van der Waals surface area (Å²) in [6, 6.07) is 7.17. The summed E-state index contributed by atoms with van der Waals surface area (Å²) in [5, 5.41) is 18.5. The Bertz CT molecular complexity index is 596. The van der Waals surface area contributed by atoms with Crippen molar-refractivity contribution >= 4 is 11.9 Å². The van der Waals surface area contributed by atoms with Crippen molar-refractivity contribution in [3.63, 3.8) is 0 Å². The van der Waals surface area contributed by atoms with Gasteiger partial charge in [-0.25, -0.2) is 4.39 Å². The number of carboxylic acids is 1. The van der Waals surface area contributed by atoms with Crippen molar-refractivity contribution in [2.24, 2.45) is 0 Å². The molecule has 6 heteroatoms. The number of rotatable bonds is 7. The van der Waals surface area contributed by atoms with Gasteiger partial charge in [0, 0.05) is 5.56 Å². The van der Waals surface area contributed by atoms with Gasteiger partial charge in [-0.15, -0.1) is 0 Å². The molecular weight excluding hydrogens is 289 g/mol. The topological polar surface area (TPSA) is 87.4 Å². The Morgan fingerprint density at radius 3 is 2.55 bits per heavy atom. The van der Waals surface area contributed by atoms with Crippen LogP contribution in [0, 0.1) is 17.1 Å². The first-order valence-electron chi connectivity index (χ1n) is 6.92. The number of hydrogen-bond donors (Lipinski definition) is 1. The minimum absolute atomic E-state index is 0.110. The quantitative estimate of drug-likeness (QED) is 0.783. The molecule has 0 heterocycles. The van der Waals surface area contributed by atoms with Gasteiger partial charge in [0.25, 0.3) is 0 Å². The summed E-state index contributed by atoms with van der Waals surface area (Å²) in [7, 11) is 0. The lowest BCUT2D eigenvalue weighted by atomic mass is 9.76. The van der Waals surface area contributed by atoms with Crippen molar-refractivity contribution in [2.75, 3.05) is 0 Å². The largest absolute Gasteiger partial charge is 0.481 e. The van der Waals surface area contributed by atoms with Gasteiger partial charge >= 0.3 is 11.9 Å². The predicted molar refractivity (Wildman–Crippen MR) is 76.4 cm³/mol. The smallest absolute Gasteiger partial charge is 0.308 e. The van der Waals surface area contributed by atoms with Gasteiger partial charge in [0.2, 0.25) is 0 Å². The molecule has 22 heavy (non-hydrogen) atoms. The second-order valence-corrected chi connectivity index (χ2v) is 5.13. The Morgan fingerprint density at radius 1 is 1.41 bits per heavy atom. The second kappa shape index (κ2) is 7.55. The summed E-state index contributed by atoms with van der Waals surface area (Å²) in [4.78, 5) is 23.1. The molecule has 1 N–H and O–H groups in total. The summed E-state index contributed by atoms with van der Waals surface area (Å²) < 4.78 is 19.1. The van der Waals surface area contributed by atoms with Crippen LogP contribution in [0.1, 0.15) is 38.7 Å². The van der Waals surface area contributed by atoms with Gasteiger partial charge in [0.15, 0.2) is 0 Å². The lowest BCUT2D eigenvalue weighted by Crippen LogP contribution is -2.33. The zero-order chi connectivity index (χ0) is 16.8. The summed E-state index contributed by atoms with van der Waals surface area (Å²) in [6.45, 7) is 3.51. The number of carboxylic acid groups (broad SMARTS) is 1. The van der Waals surface area contributed by atoms with Crippen molar-refractivity contribution in [1.29, 1.82) is 5.26 Å². The highest BCUT2D eigenvalue weighted by Crippen LogP contribution is 2.34. The van der Waals surface area contributed by atoms with Crippen LogP contribution in [0.25, 0.3) is 0 Å². The zero-order valence-electron chi connectivity index (χ0n) is 12.5. The standard InChI is InChI=1S/C16H18FNO4/c1-3-11(2)22-15(21)9-16(10-18,8-14(19)20)12-6-4-5-7-13(12)17/h4-7,11H,3,8-9H2,1-2H3,(H,19,20). The number of nitriles is 1. The highest BCUT2D eigenvalue weighted by atomic mass is 19.1. The maximum absolute atomic E-state index is 14.0. The number of nitrogens with zero attached hydrogens (tertiary/aromatic N) is 1. The molecule has 0 fully saturated rings. The minimum atomic E-state index is -1.79. The van der Waals surface area contributed by atoms with E-state index in [0.29, 0.717) is 6.42 Å². The summed E-state index contributed by atoms with van der Waals surface area (Å²) >= 11 is 0. The molecule has 0 saturated carbocycles. The van der Waals surface area contributed by atoms with Gasteiger partial charge in [-0.1, -0.05) is 25.1 Å². The average molecular weight is 307 g/mol. The molecule has 2 unspecified atom stereocenters. The molecule has 0 aliphatic rings. The van der Waals surface area contributed by atoms with Crippen LogP contribution in [0.15, 0.2) is 24.3 Å². The Morgan fingerprint density at radius 2 is 2.05 bits per heavy atom. The van der Waals surface area contributed by atoms with Crippen molar-refractivity contribution < 1.29 is 23.8 Å². The van der Waals surface area contributed by atoms with Crippen LogP contribution in [0.3, 0.4) is 0 Å². The second-order valence-electron chi connectivity index (χ2n) is 5.13. The molecule has 1 aromatic carbocycles. The van der Waals surface area contributed by atoms with E-state index >= 15 is 0 Å². The molecule has 0 amide bonds. The number of carbonyl (C=O) groups excluding carboxylic acids is 1. The molecule has 118 valence electrons. The molecule has 5 nitrogen and oxygen atoms in total. The number of esters is 1. The number of halogens is 1. The van der Waals surface area contributed by atoms with Crippen LogP contribution in [0.2, 0.25) is 0 Å². The Hall–Kier alpha value is -2.42. The molecule has 0 aliphatic heterocycles. The van der Waals surface area contributed by atoms with E-state index in [1.54, 1.807) is 13.0 Å². The third-order valence-electron chi connectivity index (χ3n) is 3.41. The van der Waals surface area contributed by atoms with Crippen LogP contribution < -0.4 is 0 Å². The minimum Gasteiger partial charge on any atom is -0.481 e. The monoisotopic (exact) mass is 307 g/mol. The summed E-state index contributed by atoms with van der Waals surface area (Å²) in [5.74, 6) is -2.73. The van der Waals surface area contributed by atoms with Gasteiger partial charge in [-0.3, -0.25) is 9.59 Å². The van der Waals surface area contributed by atoms with Crippen LogP contribution in [-0.4, -0.2) is 23.1 Å². The number of ether oxygens (including phenoxy) is 1. The van der Waals surface area contributed by atoms with Crippen LogP contribution in [-0.2, 0) is 19.7 Å². The van der Waals surface area contributed by atoms with Gasteiger partial charge in [-0.05, 0) is 19.4 Å². The van der Waals surface area contributed by atoms with E-state index in [-0.39, 0.29) is 11.7 Å². The van der Waals surface area contributed by atoms with E-state index in [0.717, 1.165) is 6.07 Å². The Labute approximate surface area is 128 Å². The van der Waals surface area contributed by atoms with E-state index in [4.69, 9.17) is 9.84 Å². The average Bonchev–Trinajstić information content (AvgIpc) is 2.46. The SMILES string of the molecule is CCC(C)OC(=O)CC(C#N)(CC(=O)O)c1ccccc1F. The highest BCUT2D eigenvalue weighted by Gasteiger charge is 2.40. The molecule has 0 spiro atoms. The molecule has 1 rings (SSSR count). The van der Waals surface area contributed by atoms with Crippen molar-refractivity contribution in [3.8, 4) is 6.07 Å². The first kappa shape index (κ1) is 17.6. The number of aliphatic carboxylic acids is 1. The molecule has 0 saturated heterocycles. The van der Waals surface area contributed by atoms with Gasteiger partial charge < -0.3 is 9.84 Å². The number of benzene rings is 1. The lowest BCUT2D eigenvalue weighted by molar-refractivity contribution is -0.149. The number of hydrogen-bond acceptors (Lipinski definition) is 4. The van der Waals surface area contributed by atoms with Crippen molar-refractivity contribution in [2.45, 2.75) is 44.6 Å². The van der Waals surface area contributed by atoms with Gasteiger partial charge in [0.05, 0.1) is 25.0 Å². The zero-order valence-corrected chi connectivity index (χ0v) is 12.5. The number of carbonyl (C=O) groups is 2. The van der Waals surface area contributed by atoms with E-state index in [1.807, 2.05) is 6.92 Å². The maximum atomic E-state index is 14.0. The molecular formula is C16H18FNO4. The molecule has 0 radical (unpaired) electrons. The fourth-order valence-electron chi connectivity index (χ4n) is 2.10. The third kappa shape index (κ3) is 4.29. The van der Waals surface area contributed by atoms with E-state index < -0.39 is 36.0 Å². The predicted octanol–water partition coefficient (Wildman–Crippen LogP) is 2.79. The Balaban J connectivity index is 3.18. The van der Waals surface area contributed by atoms with Crippen LogP contribution >= 0.6 is 0 Å². The van der Waals surface area contributed by atoms with E-state index in [9.17, 15) is 19.2 Å². The van der Waals surface area contributed by atoms with Gasteiger partial charge in [-0.2, -0.15) is 5.26 Å². The van der Waals surface area contributed by atoms with Crippen molar-refractivity contribution in [3.05, 3.63) is 35.6 Å². The summed E-state index contributed by atoms with van der Waals surface area (Å²) in [6.07, 6.45) is -0.959. The van der Waals surface area contributed by atoms with Crippen LogP contribution in [0.4, 0.5) is 4.39 Å². The molecule has 0 bridgehead atoms. The summed E-state index contributed by atoms with van der Waals surface area (Å²) in [5.41, 5.74) is -1.90. The highest BCUT2D eigenvalue weighted by molar-refractivity contribution is 5.77. The van der Waals surface area contributed by atoms with Gasteiger partial charge in [0.1, 0.15) is 11.2 Å². The van der Waals surface area contributed by atoms with E-state index in [1.165, 1.54) is 18.2 Å². The Kier molecular flexibility index (Phi) is 6.05. The van der Waals surface area contributed by atoms with E-state index in [2.05, 4.69) is 0 Å². The molecule has 2 atom stereocenters. The first-order valence-corrected chi connectivity index (χ1v) is 6.92. The fourth-order valence-corrected chi connectivity index (χ4v) is 2.10. The fraction of sp³-hybridized carbons (Fsp3) is 0.438. The maximum Gasteiger partial charge on any atom is 0.308 e. The molecule has 0 aliphatic carbocycles. The molecule has 1 aromatic rings. The lowest BCUT2D eigenvalue weighted by Gasteiger charge is -2.25. The third-order valence-corrected chi connectivity index (χ3v) is 3.41. The molecule has 0 aromatic heterocycles. The first-order chi connectivity index (χ1) is 10.3. The normalized spacial score (nSPS) is 14.5. The van der Waals surface area contributed by atoms with Crippen molar-refractivity contribution in [1.82, 2.24) is 0 Å². The van der Waals surface area contributed by atoms with Crippen LogP contribution in [0.5, 0.6) is 0 Å².